The van der Waals surface area contributed by atoms with E-state index in [0.29, 0.717) is 17.2 Å². The Bertz CT molecular complexity index is 532. The normalized spacial score (nSPS) is 9.68. The van der Waals surface area contributed by atoms with Crippen LogP contribution in [0.15, 0.2) is 17.5 Å². The molecule has 0 saturated carbocycles. The second-order valence-electron chi connectivity index (χ2n) is 3.67. The van der Waals surface area contributed by atoms with Gasteiger partial charge in [0, 0.05) is 10.9 Å². The molecule has 1 heterocycles. The molecule has 0 unspecified atom stereocenters. The third-order valence-corrected chi connectivity index (χ3v) is 3.35. The maximum atomic E-state index is 5.32. The highest BCUT2D eigenvalue weighted by atomic mass is 35.5. The Balaban J connectivity index is 0.00000180. The second-order valence-corrected chi connectivity index (χ2v) is 4.73. The summed E-state index contributed by atoms with van der Waals surface area (Å²) in [5.74, 6) is 1.87. The highest BCUT2D eigenvalue weighted by Crippen LogP contribution is 2.41. The summed E-state index contributed by atoms with van der Waals surface area (Å²) in [6.45, 7) is 1.98. The van der Waals surface area contributed by atoms with Crippen molar-refractivity contribution >= 4 is 23.7 Å². The lowest BCUT2D eigenvalue weighted by Crippen LogP contribution is -1.95. The largest absolute Gasteiger partial charge is 0.493 e. The number of rotatable bonds is 4. The summed E-state index contributed by atoms with van der Waals surface area (Å²) in [5.41, 5.74) is 1.87. The van der Waals surface area contributed by atoms with Crippen molar-refractivity contribution in [3.63, 3.8) is 0 Å². The third kappa shape index (κ3) is 3.11. The van der Waals surface area contributed by atoms with E-state index in [2.05, 4.69) is 4.98 Å². The molecule has 1 aromatic carbocycles. The summed E-state index contributed by atoms with van der Waals surface area (Å²) in [7, 11) is 4.80. The first-order valence-corrected chi connectivity index (χ1v) is 6.30. The van der Waals surface area contributed by atoms with Crippen LogP contribution in [0, 0.1) is 6.92 Å². The molecular weight excluding hydrogens is 286 g/mol. The van der Waals surface area contributed by atoms with Crippen molar-refractivity contribution in [3.8, 4) is 28.5 Å². The number of hydrogen-bond donors (Lipinski definition) is 0. The van der Waals surface area contributed by atoms with Crippen LogP contribution in [-0.2, 0) is 0 Å². The molecule has 0 atom stereocenters. The average Bonchev–Trinajstić information content (AvgIpc) is 2.83. The minimum absolute atomic E-state index is 0. The zero-order valence-electron chi connectivity index (χ0n) is 11.2. The Hall–Kier alpha value is -1.46. The summed E-state index contributed by atoms with van der Waals surface area (Å²) in [5, 5.41) is 3.04. The van der Waals surface area contributed by atoms with Crippen molar-refractivity contribution in [2.24, 2.45) is 0 Å². The van der Waals surface area contributed by atoms with Crippen LogP contribution < -0.4 is 14.2 Å². The number of nitrogens with zero attached hydrogens (tertiary/aromatic N) is 1. The van der Waals surface area contributed by atoms with Gasteiger partial charge in [0.2, 0.25) is 5.75 Å². The van der Waals surface area contributed by atoms with Crippen LogP contribution in [0.3, 0.4) is 0 Å². The van der Waals surface area contributed by atoms with Gasteiger partial charge in [-0.25, -0.2) is 4.98 Å². The Morgan fingerprint density at radius 3 is 1.95 bits per heavy atom. The molecule has 4 nitrogen and oxygen atoms in total. The van der Waals surface area contributed by atoms with E-state index in [0.717, 1.165) is 16.3 Å². The summed E-state index contributed by atoms with van der Waals surface area (Å²) >= 11 is 1.61. The van der Waals surface area contributed by atoms with Crippen molar-refractivity contribution < 1.29 is 14.2 Å². The van der Waals surface area contributed by atoms with Crippen LogP contribution in [0.2, 0.25) is 0 Å². The van der Waals surface area contributed by atoms with E-state index in [-0.39, 0.29) is 12.4 Å². The fourth-order valence-corrected chi connectivity index (χ4v) is 2.35. The first kappa shape index (κ1) is 15.6. The molecule has 0 saturated heterocycles. The first-order chi connectivity index (χ1) is 8.69. The maximum absolute atomic E-state index is 5.32. The minimum Gasteiger partial charge on any atom is -0.493 e. The van der Waals surface area contributed by atoms with Gasteiger partial charge in [0.25, 0.3) is 0 Å². The number of aromatic nitrogens is 1. The third-order valence-electron chi connectivity index (χ3n) is 2.58. The van der Waals surface area contributed by atoms with Gasteiger partial charge in [0.1, 0.15) is 0 Å². The van der Waals surface area contributed by atoms with Crippen LogP contribution in [0.5, 0.6) is 17.2 Å². The smallest absolute Gasteiger partial charge is 0.203 e. The molecule has 19 heavy (non-hydrogen) atoms. The van der Waals surface area contributed by atoms with Gasteiger partial charge in [-0.05, 0) is 19.1 Å². The summed E-state index contributed by atoms with van der Waals surface area (Å²) < 4.78 is 15.9. The Kier molecular flexibility index (Phi) is 5.44. The van der Waals surface area contributed by atoms with Crippen molar-refractivity contribution in [1.82, 2.24) is 4.98 Å². The van der Waals surface area contributed by atoms with Gasteiger partial charge in [-0.2, -0.15) is 0 Å². The molecule has 104 valence electrons. The van der Waals surface area contributed by atoms with Crippen molar-refractivity contribution in [2.75, 3.05) is 21.3 Å². The van der Waals surface area contributed by atoms with Gasteiger partial charge in [-0.15, -0.1) is 23.7 Å². The molecule has 0 fully saturated rings. The van der Waals surface area contributed by atoms with E-state index in [9.17, 15) is 0 Å². The molecule has 1 aromatic heterocycles. The average molecular weight is 302 g/mol. The van der Waals surface area contributed by atoms with E-state index < -0.39 is 0 Å². The van der Waals surface area contributed by atoms with E-state index in [1.165, 1.54) is 0 Å². The molecule has 0 aliphatic rings. The predicted octanol–water partition coefficient (Wildman–Crippen LogP) is 3.57. The first-order valence-electron chi connectivity index (χ1n) is 5.42. The van der Waals surface area contributed by atoms with Crippen molar-refractivity contribution in [2.45, 2.75) is 6.92 Å². The topological polar surface area (TPSA) is 40.6 Å². The number of ether oxygens (including phenoxy) is 3. The lowest BCUT2D eigenvalue weighted by molar-refractivity contribution is 0.324. The predicted molar refractivity (Wildman–Crippen MR) is 79.2 cm³/mol. The van der Waals surface area contributed by atoms with Gasteiger partial charge >= 0.3 is 0 Å². The number of thiazole rings is 1. The van der Waals surface area contributed by atoms with Gasteiger partial charge in [0.05, 0.1) is 32.0 Å². The molecule has 0 aliphatic carbocycles. The molecule has 2 rings (SSSR count). The molecule has 0 N–H and O–H groups in total. The molecule has 0 aliphatic heterocycles. The van der Waals surface area contributed by atoms with Crippen molar-refractivity contribution in [1.29, 1.82) is 0 Å². The lowest BCUT2D eigenvalue weighted by Gasteiger charge is -2.13. The molecule has 0 amide bonds. The number of methoxy groups -OCH3 is 3. The molecular formula is C13H16ClNO3S. The molecule has 0 spiro atoms. The minimum atomic E-state index is 0. The SMILES string of the molecule is COc1cc(-c2csc(C)n2)cc(OC)c1OC.Cl. The maximum Gasteiger partial charge on any atom is 0.203 e. The van der Waals surface area contributed by atoms with Crippen LogP contribution >= 0.6 is 23.7 Å². The summed E-state index contributed by atoms with van der Waals surface area (Å²) in [6.07, 6.45) is 0. The van der Waals surface area contributed by atoms with E-state index in [1.54, 1.807) is 32.7 Å². The van der Waals surface area contributed by atoms with Crippen LogP contribution in [-0.4, -0.2) is 26.3 Å². The summed E-state index contributed by atoms with van der Waals surface area (Å²) in [4.78, 5) is 4.45. The number of halogens is 1. The highest BCUT2D eigenvalue weighted by molar-refractivity contribution is 7.09. The fraction of sp³-hybridized carbons (Fsp3) is 0.308. The quantitative estimate of drug-likeness (QED) is 0.865. The van der Waals surface area contributed by atoms with Crippen molar-refractivity contribution in [3.05, 3.63) is 22.5 Å². The zero-order chi connectivity index (χ0) is 13.1. The van der Waals surface area contributed by atoms with Gasteiger partial charge in [-0.1, -0.05) is 0 Å². The highest BCUT2D eigenvalue weighted by Gasteiger charge is 2.15. The number of aryl methyl sites for hydroxylation is 1. The molecule has 0 bridgehead atoms. The number of benzene rings is 1. The molecule has 0 radical (unpaired) electrons. The standard InChI is InChI=1S/C13H15NO3S.ClH/c1-8-14-10(7-18-8)9-5-11(15-2)13(17-4)12(6-9)16-3;/h5-7H,1-4H3;1H. The zero-order valence-corrected chi connectivity index (χ0v) is 12.9. The van der Waals surface area contributed by atoms with Crippen LogP contribution in [0.1, 0.15) is 5.01 Å². The second kappa shape index (κ2) is 6.63. The van der Waals surface area contributed by atoms with E-state index in [4.69, 9.17) is 14.2 Å². The summed E-state index contributed by atoms with van der Waals surface area (Å²) in [6, 6.07) is 3.80. The fourth-order valence-electron chi connectivity index (χ4n) is 1.72. The van der Waals surface area contributed by atoms with E-state index in [1.807, 2.05) is 24.4 Å². The Morgan fingerprint density at radius 2 is 1.58 bits per heavy atom. The monoisotopic (exact) mass is 301 g/mol. The Labute approximate surface area is 122 Å². The van der Waals surface area contributed by atoms with Gasteiger partial charge in [-0.3, -0.25) is 0 Å². The van der Waals surface area contributed by atoms with E-state index >= 15 is 0 Å². The molecule has 6 heteroatoms. The number of hydrogen-bond acceptors (Lipinski definition) is 5. The van der Waals surface area contributed by atoms with Crippen LogP contribution in [0.25, 0.3) is 11.3 Å². The molecule has 2 aromatic rings. The van der Waals surface area contributed by atoms with Crippen LogP contribution in [0.4, 0.5) is 0 Å². The lowest BCUT2D eigenvalue weighted by atomic mass is 10.1. The van der Waals surface area contributed by atoms with Gasteiger partial charge in [0.15, 0.2) is 11.5 Å². The Morgan fingerprint density at radius 1 is 1.00 bits per heavy atom. The van der Waals surface area contributed by atoms with Gasteiger partial charge < -0.3 is 14.2 Å².